The molecular weight excluding hydrogens is 146 g/mol. The van der Waals surface area contributed by atoms with Gasteiger partial charge in [0.1, 0.15) is 6.42 Å². The molecule has 0 fully saturated rings. The molecule has 0 aliphatic heterocycles. The topological polar surface area (TPSA) is 59.3 Å². The largest absolute Gasteiger partial charge is 0.481 e. The van der Waals surface area contributed by atoms with Crippen LogP contribution in [0.4, 0.5) is 0 Å². The van der Waals surface area contributed by atoms with Crippen molar-refractivity contribution in [3.05, 3.63) is 24.5 Å². The van der Waals surface area contributed by atoms with Gasteiger partial charge in [-0.3, -0.25) is 14.2 Å². The summed E-state index contributed by atoms with van der Waals surface area (Å²) in [6, 6.07) is 3.33. The summed E-state index contributed by atoms with van der Waals surface area (Å²) in [6.07, 6.45) is 2.57. The molecule has 1 aromatic rings. The molecule has 1 rings (SSSR count). The van der Waals surface area contributed by atoms with E-state index in [2.05, 4.69) is 0 Å². The molecule has 1 N–H and O–H groups in total. The molecule has 4 nitrogen and oxygen atoms in total. The number of hydrogen-bond acceptors (Lipinski definition) is 2. The van der Waals surface area contributed by atoms with Crippen molar-refractivity contribution in [3.8, 4) is 0 Å². The molecule has 0 radical (unpaired) electrons. The average molecular weight is 153 g/mol. The van der Waals surface area contributed by atoms with Gasteiger partial charge in [0.2, 0.25) is 5.91 Å². The maximum atomic E-state index is 10.9. The third-order valence-electron chi connectivity index (χ3n) is 1.19. The smallest absolute Gasteiger partial charge is 0.312 e. The number of carbonyl (C=O) groups excluding carboxylic acids is 1. The molecule has 0 saturated heterocycles. The maximum absolute atomic E-state index is 10.9. The number of aliphatic carboxylic acids is 1. The Morgan fingerprint density at radius 1 is 1.27 bits per heavy atom. The predicted octanol–water partition coefficient (Wildman–Crippen LogP) is 0.603. The van der Waals surface area contributed by atoms with Crippen molar-refractivity contribution in [1.82, 2.24) is 4.57 Å². The van der Waals surface area contributed by atoms with Gasteiger partial charge in [0.15, 0.2) is 0 Å². The first-order valence-corrected chi connectivity index (χ1v) is 3.08. The molecule has 0 amide bonds. The molecule has 1 heterocycles. The highest BCUT2D eigenvalue weighted by molar-refractivity contribution is 5.94. The van der Waals surface area contributed by atoms with E-state index in [1.54, 1.807) is 12.1 Å². The predicted molar refractivity (Wildman–Crippen MR) is 37.3 cm³/mol. The lowest BCUT2D eigenvalue weighted by Crippen LogP contribution is -2.12. The first-order chi connectivity index (χ1) is 5.20. The van der Waals surface area contributed by atoms with Crippen LogP contribution in [0.15, 0.2) is 24.5 Å². The van der Waals surface area contributed by atoms with Crippen LogP contribution in [0.2, 0.25) is 0 Å². The fraction of sp³-hybridized carbons (Fsp3) is 0.143. The summed E-state index contributed by atoms with van der Waals surface area (Å²) in [5, 5.41) is 8.25. The summed E-state index contributed by atoms with van der Waals surface area (Å²) in [7, 11) is 0. The first kappa shape index (κ1) is 7.53. The lowest BCUT2D eigenvalue weighted by atomic mass is 10.4. The molecule has 58 valence electrons. The molecule has 0 bridgehead atoms. The van der Waals surface area contributed by atoms with Gasteiger partial charge in [0.25, 0.3) is 0 Å². The standard InChI is InChI=1S/C7H7NO3/c9-6(5-7(10)11)8-3-1-2-4-8/h1-4H,5H2,(H,10,11). The summed E-state index contributed by atoms with van der Waals surface area (Å²) >= 11 is 0. The number of aromatic nitrogens is 1. The van der Waals surface area contributed by atoms with Crippen LogP contribution in [0.5, 0.6) is 0 Å². The number of carbonyl (C=O) groups is 2. The third-order valence-corrected chi connectivity index (χ3v) is 1.19. The van der Waals surface area contributed by atoms with Crippen LogP contribution in [0.3, 0.4) is 0 Å². The van der Waals surface area contributed by atoms with Crippen LogP contribution in [-0.4, -0.2) is 21.6 Å². The Morgan fingerprint density at radius 2 is 1.82 bits per heavy atom. The Labute approximate surface area is 63.1 Å². The van der Waals surface area contributed by atoms with Gasteiger partial charge < -0.3 is 5.11 Å². The molecule has 0 saturated carbocycles. The zero-order valence-corrected chi connectivity index (χ0v) is 5.73. The van der Waals surface area contributed by atoms with Crippen molar-refractivity contribution in [2.75, 3.05) is 0 Å². The van der Waals surface area contributed by atoms with Gasteiger partial charge in [-0.25, -0.2) is 0 Å². The molecule has 0 atom stereocenters. The van der Waals surface area contributed by atoms with Crippen LogP contribution in [0.1, 0.15) is 11.2 Å². The zero-order valence-electron chi connectivity index (χ0n) is 5.73. The van der Waals surface area contributed by atoms with E-state index in [1.807, 2.05) is 0 Å². The number of carboxylic acids is 1. The number of rotatable bonds is 2. The van der Waals surface area contributed by atoms with Gasteiger partial charge in [-0.1, -0.05) is 0 Å². The van der Waals surface area contributed by atoms with E-state index in [4.69, 9.17) is 5.11 Å². The fourth-order valence-corrected chi connectivity index (χ4v) is 0.721. The maximum Gasteiger partial charge on any atom is 0.312 e. The van der Waals surface area contributed by atoms with Crippen LogP contribution in [0.25, 0.3) is 0 Å². The second-order valence-corrected chi connectivity index (χ2v) is 2.05. The molecule has 11 heavy (non-hydrogen) atoms. The van der Waals surface area contributed by atoms with E-state index < -0.39 is 18.3 Å². The van der Waals surface area contributed by atoms with Crippen LogP contribution in [0, 0.1) is 0 Å². The molecule has 0 aromatic carbocycles. The Morgan fingerprint density at radius 3 is 2.27 bits per heavy atom. The fourth-order valence-electron chi connectivity index (χ4n) is 0.721. The monoisotopic (exact) mass is 153 g/mol. The lowest BCUT2D eigenvalue weighted by molar-refractivity contribution is -0.136. The summed E-state index contributed by atoms with van der Waals surface area (Å²) in [5.74, 6) is -1.54. The molecule has 1 aromatic heterocycles. The van der Waals surface area contributed by atoms with E-state index in [0.29, 0.717) is 0 Å². The number of hydrogen-bond donors (Lipinski definition) is 1. The SMILES string of the molecule is O=C(O)CC(=O)n1cccc1. The zero-order chi connectivity index (χ0) is 8.27. The minimum atomic E-state index is -1.11. The van der Waals surface area contributed by atoms with Crippen molar-refractivity contribution in [2.45, 2.75) is 6.42 Å². The van der Waals surface area contributed by atoms with Crippen LogP contribution < -0.4 is 0 Å². The summed E-state index contributed by atoms with van der Waals surface area (Å²) in [5.41, 5.74) is 0. The van der Waals surface area contributed by atoms with Crippen molar-refractivity contribution < 1.29 is 14.7 Å². The Balaban J connectivity index is 2.64. The normalized spacial score (nSPS) is 9.45. The van der Waals surface area contributed by atoms with Gasteiger partial charge >= 0.3 is 5.97 Å². The van der Waals surface area contributed by atoms with Crippen molar-refractivity contribution in [3.63, 3.8) is 0 Å². The summed E-state index contributed by atoms with van der Waals surface area (Å²) < 4.78 is 1.24. The second kappa shape index (κ2) is 3.01. The van der Waals surface area contributed by atoms with Gasteiger partial charge in [-0.05, 0) is 12.1 Å². The minimum Gasteiger partial charge on any atom is -0.481 e. The van der Waals surface area contributed by atoms with Crippen molar-refractivity contribution in [2.24, 2.45) is 0 Å². The van der Waals surface area contributed by atoms with E-state index in [-0.39, 0.29) is 0 Å². The second-order valence-electron chi connectivity index (χ2n) is 2.05. The number of nitrogens with zero attached hydrogens (tertiary/aromatic N) is 1. The first-order valence-electron chi connectivity index (χ1n) is 3.08. The highest BCUT2D eigenvalue weighted by atomic mass is 16.4. The van der Waals surface area contributed by atoms with Crippen molar-refractivity contribution in [1.29, 1.82) is 0 Å². The third kappa shape index (κ3) is 1.93. The number of carboxylic acid groups (broad SMARTS) is 1. The van der Waals surface area contributed by atoms with E-state index in [0.717, 1.165) is 0 Å². The summed E-state index contributed by atoms with van der Waals surface area (Å²) in [4.78, 5) is 21.0. The van der Waals surface area contributed by atoms with E-state index in [9.17, 15) is 9.59 Å². The van der Waals surface area contributed by atoms with Crippen LogP contribution >= 0.6 is 0 Å². The quantitative estimate of drug-likeness (QED) is 0.633. The summed E-state index contributed by atoms with van der Waals surface area (Å²) in [6.45, 7) is 0. The highest BCUT2D eigenvalue weighted by Crippen LogP contribution is 1.93. The van der Waals surface area contributed by atoms with E-state index in [1.165, 1.54) is 17.0 Å². The average Bonchev–Trinajstić information content (AvgIpc) is 2.35. The molecule has 0 unspecified atom stereocenters. The highest BCUT2D eigenvalue weighted by Gasteiger charge is 2.07. The molecule has 0 spiro atoms. The van der Waals surface area contributed by atoms with Gasteiger partial charge in [0.05, 0.1) is 0 Å². The van der Waals surface area contributed by atoms with Gasteiger partial charge in [0, 0.05) is 12.4 Å². The lowest BCUT2D eigenvalue weighted by Gasteiger charge is -1.95. The molecule has 0 aliphatic rings. The molecule has 0 aliphatic carbocycles. The molecule has 4 heteroatoms. The van der Waals surface area contributed by atoms with Gasteiger partial charge in [-0.2, -0.15) is 0 Å². The van der Waals surface area contributed by atoms with E-state index >= 15 is 0 Å². The van der Waals surface area contributed by atoms with Crippen molar-refractivity contribution >= 4 is 11.9 Å². The Hall–Kier alpha value is -1.58. The van der Waals surface area contributed by atoms with Crippen LogP contribution in [-0.2, 0) is 4.79 Å². The van der Waals surface area contributed by atoms with Gasteiger partial charge in [-0.15, -0.1) is 0 Å². The Bertz CT molecular complexity index is 263. The molecular formula is C7H7NO3. The minimum absolute atomic E-state index is 0.428. The Kier molecular flexibility index (Phi) is 2.06.